The summed E-state index contributed by atoms with van der Waals surface area (Å²) >= 11 is 0. The van der Waals surface area contributed by atoms with Crippen molar-refractivity contribution in [3.05, 3.63) is 55.0 Å². The maximum Gasteiger partial charge on any atom is 0.119 e. The Morgan fingerprint density at radius 2 is 1.96 bits per heavy atom. The minimum absolute atomic E-state index is 0. The molecular weight excluding hydrogens is 336 g/mol. The van der Waals surface area contributed by atoms with Gasteiger partial charge in [0.05, 0.1) is 19.8 Å². The molecule has 2 aliphatic rings. The van der Waals surface area contributed by atoms with Gasteiger partial charge in [0.15, 0.2) is 0 Å². The molecule has 1 aliphatic carbocycles. The van der Waals surface area contributed by atoms with E-state index in [0.29, 0.717) is 19.1 Å². The highest BCUT2D eigenvalue weighted by atomic mass is 16.5. The molecule has 3 heteroatoms. The van der Waals surface area contributed by atoms with Crippen molar-refractivity contribution in [2.45, 2.75) is 32.8 Å². The molecule has 1 aromatic rings. The second-order valence-electron chi connectivity index (χ2n) is 6.54. The highest BCUT2D eigenvalue weighted by Crippen LogP contribution is 2.43. The highest BCUT2D eigenvalue weighted by Gasteiger charge is 2.43. The number of methoxy groups -OCH3 is 1. The number of hydrogen-bond donors (Lipinski definition) is 0. The van der Waals surface area contributed by atoms with Gasteiger partial charge in [-0.2, -0.15) is 0 Å². The van der Waals surface area contributed by atoms with Crippen LogP contribution in [0.5, 0.6) is 11.5 Å². The molecule has 1 aromatic carbocycles. The first-order chi connectivity index (χ1) is 13.3. The maximum absolute atomic E-state index is 6.16. The Hall–Kier alpha value is -2.18. The summed E-state index contributed by atoms with van der Waals surface area (Å²) in [6.45, 7) is 8.99. The van der Waals surface area contributed by atoms with Crippen molar-refractivity contribution in [2.24, 2.45) is 17.8 Å². The van der Waals surface area contributed by atoms with Crippen molar-refractivity contribution < 1.29 is 18.5 Å². The van der Waals surface area contributed by atoms with Crippen LogP contribution in [0.4, 0.5) is 0 Å². The average molecular weight is 374 g/mol. The number of benzene rings is 1. The van der Waals surface area contributed by atoms with Gasteiger partial charge in [0.2, 0.25) is 0 Å². The van der Waals surface area contributed by atoms with Gasteiger partial charge in [-0.1, -0.05) is 31.6 Å². The van der Waals surface area contributed by atoms with Gasteiger partial charge >= 0.3 is 0 Å². The fraction of sp³-hybridized carbons (Fsp3) is 0.458. The lowest BCUT2D eigenvalue weighted by Crippen LogP contribution is -2.44. The van der Waals surface area contributed by atoms with Crippen LogP contribution in [0.2, 0.25) is 0 Å². The van der Waals surface area contributed by atoms with Gasteiger partial charge in [-0.25, -0.2) is 0 Å². The Balaban J connectivity index is 0. The number of allylic oxidation sites excluding steroid dienone is 2. The molecule has 0 spiro atoms. The summed E-state index contributed by atoms with van der Waals surface area (Å²) in [7, 11) is 1.65. The molecule has 27 heavy (non-hydrogen) atoms. The smallest absolute Gasteiger partial charge is 0.119 e. The maximum atomic E-state index is 6.16. The number of ether oxygens (including phenoxy) is 3. The first-order valence-electron chi connectivity index (χ1n) is 9.77. The van der Waals surface area contributed by atoms with Gasteiger partial charge in [-0.15, -0.1) is 18.9 Å². The Morgan fingerprint density at radius 1 is 1.30 bits per heavy atom. The quantitative estimate of drug-likeness (QED) is 0.424. The first kappa shape index (κ1) is 21.1. The van der Waals surface area contributed by atoms with Gasteiger partial charge in [0.1, 0.15) is 18.1 Å². The molecule has 3 rings (SSSR count). The van der Waals surface area contributed by atoms with Crippen molar-refractivity contribution in [2.75, 3.05) is 20.3 Å². The number of terminal acetylenes is 1. The average Bonchev–Trinajstić information content (AvgIpc) is 3.57. The molecule has 1 aliphatic heterocycles. The largest absolute Gasteiger partial charge is 0.497 e. The molecule has 151 valence electrons. The van der Waals surface area contributed by atoms with Crippen LogP contribution in [-0.2, 0) is 4.74 Å². The fourth-order valence-corrected chi connectivity index (χ4v) is 3.51. The van der Waals surface area contributed by atoms with Crippen LogP contribution in [0.1, 0.15) is 31.0 Å². The van der Waals surface area contributed by atoms with E-state index in [1.54, 1.807) is 7.11 Å². The van der Waals surface area contributed by atoms with E-state index in [1.807, 2.05) is 44.2 Å². The summed E-state index contributed by atoms with van der Waals surface area (Å²) in [5.74, 6) is 5.43. The highest BCUT2D eigenvalue weighted by molar-refractivity contribution is 5.43. The number of rotatable bonds is 8. The summed E-state index contributed by atoms with van der Waals surface area (Å²) in [5.41, 5.74) is 1.30. The zero-order valence-electron chi connectivity index (χ0n) is 16.7. The van der Waals surface area contributed by atoms with Crippen LogP contribution >= 0.6 is 0 Å². The summed E-state index contributed by atoms with van der Waals surface area (Å²) in [5, 5.41) is 0. The summed E-state index contributed by atoms with van der Waals surface area (Å²) < 4.78 is 17.3. The van der Waals surface area contributed by atoms with Gasteiger partial charge in [-0.3, -0.25) is 0 Å². The Labute approximate surface area is 168 Å². The molecular formula is C24H37O3. The van der Waals surface area contributed by atoms with Crippen LogP contribution in [0.25, 0.3) is 0 Å². The van der Waals surface area contributed by atoms with Crippen molar-refractivity contribution >= 4 is 0 Å². The lowest BCUT2D eigenvalue weighted by atomic mass is 9.74. The normalized spacial score (nSPS) is 25.9. The SMILES string of the molecule is C#C[C@@H]1[C@@H](CCC=C)CO[C@H](COc2ccc(OC)cc2)[C@@H]1C1=C[CH]1.CC.[HH].[HH].[HH]. The molecule has 1 radical (unpaired) electrons. The zero-order valence-corrected chi connectivity index (χ0v) is 16.7. The minimum atomic E-state index is -0.0202. The van der Waals surface area contributed by atoms with E-state index < -0.39 is 0 Å². The summed E-state index contributed by atoms with van der Waals surface area (Å²) in [4.78, 5) is 0. The molecule has 0 bridgehead atoms. The number of hydrogen-bond acceptors (Lipinski definition) is 3. The van der Waals surface area contributed by atoms with Gasteiger partial charge in [-0.05, 0) is 43.0 Å². The van der Waals surface area contributed by atoms with Crippen LogP contribution in [0, 0.1) is 36.5 Å². The third-order valence-corrected chi connectivity index (χ3v) is 4.97. The lowest BCUT2D eigenvalue weighted by Gasteiger charge is -2.40. The van der Waals surface area contributed by atoms with Crippen molar-refractivity contribution in [3.63, 3.8) is 0 Å². The molecule has 0 N–H and O–H groups in total. The van der Waals surface area contributed by atoms with Crippen molar-refractivity contribution in [3.8, 4) is 23.8 Å². The van der Waals surface area contributed by atoms with Crippen LogP contribution in [-0.4, -0.2) is 26.4 Å². The fourth-order valence-electron chi connectivity index (χ4n) is 3.51. The standard InChI is InChI=1S/C22H25O3.C2H6.3H2/c1-4-6-7-17-14-25-21(22(16-8-9-16)20(17)5-2)15-24-19-12-10-18(23-3)11-13-19;1-2;;;/h2,4,8-13,17,20-22H,1,6-7,14-15H2,3H3;1-2H3;3*1H/t17-,20+,21+,22+;;;;/m0..../s1. The Kier molecular flexibility index (Phi) is 8.48. The van der Waals surface area contributed by atoms with E-state index in [9.17, 15) is 0 Å². The van der Waals surface area contributed by atoms with Gasteiger partial charge < -0.3 is 14.2 Å². The molecule has 1 fully saturated rings. The molecule has 1 saturated heterocycles. The Bertz CT molecular complexity index is 667. The molecule has 0 amide bonds. The predicted octanol–water partition coefficient (Wildman–Crippen LogP) is 5.83. The summed E-state index contributed by atoms with van der Waals surface area (Å²) in [6, 6.07) is 7.60. The topological polar surface area (TPSA) is 27.7 Å². The van der Waals surface area contributed by atoms with E-state index in [1.165, 1.54) is 5.57 Å². The molecule has 3 nitrogen and oxygen atoms in total. The second kappa shape index (κ2) is 10.8. The van der Waals surface area contributed by atoms with Gasteiger partial charge in [0, 0.05) is 22.5 Å². The molecule has 0 unspecified atom stereocenters. The Morgan fingerprint density at radius 3 is 2.52 bits per heavy atom. The zero-order chi connectivity index (χ0) is 19.6. The second-order valence-corrected chi connectivity index (χ2v) is 6.54. The van der Waals surface area contributed by atoms with Crippen LogP contribution in [0.15, 0.2) is 48.6 Å². The van der Waals surface area contributed by atoms with Crippen LogP contribution < -0.4 is 9.47 Å². The lowest BCUT2D eigenvalue weighted by molar-refractivity contribution is -0.0819. The van der Waals surface area contributed by atoms with E-state index in [2.05, 4.69) is 25.0 Å². The molecule has 0 saturated carbocycles. The van der Waals surface area contributed by atoms with E-state index in [0.717, 1.165) is 24.3 Å². The molecule has 0 aromatic heterocycles. The third kappa shape index (κ3) is 5.65. The monoisotopic (exact) mass is 373 g/mol. The predicted molar refractivity (Wildman–Crippen MR) is 117 cm³/mol. The van der Waals surface area contributed by atoms with Crippen LogP contribution in [0.3, 0.4) is 0 Å². The summed E-state index contributed by atoms with van der Waals surface area (Å²) in [6.07, 6.45) is 14.1. The molecule has 4 atom stereocenters. The first-order valence-corrected chi connectivity index (χ1v) is 9.77. The van der Waals surface area contributed by atoms with E-state index in [4.69, 9.17) is 20.6 Å². The van der Waals surface area contributed by atoms with E-state index in [-0.39, 0.29) is 22.2 Å². The van der Waals surface area contributed by atoms with E-state index >= 15 is 0 Å². The third-order valence-electron chi connectivity index (χ3n) is 4.97. The van der Waals surface area contributed by atoms with Crippen molar-refractivity contribution in [1.82, 2.24) is 0 Å². The van der Waals surface area contributed by atoms with Gasteiger partial charge in [0.25, 0.3) is 0 Å². The molecule has 1 heterocycles. The minimum Gasteiger partial charge on any atom is -0.497 e. The van der Waals surface area contributed by atoms with Crippen molar-refractivity contribution in [1.29, 1.82) is 0 Å².